The summed E-state index contributed by atoms with van der Waals surface area (Å²) >= 11 is 1.60. The molecule has 0 spiro atoms. The maximum absolute atomic E-state index is 11.4. The summed E-state index contributed by atoms with van der Waals surface area (Å²) in [5.74, 6) is 0.420. The molecule has 0 aromatic heterocycles. The fraction of sp³-hybridized carbons (Fsp3) is 0.909. The molecule has 0 heterocycles. The van der Waals surface area contributed by atoms with Gasteiger partial charge in [0.05, 0.1) is 18.1 Å². The van der Waals surface area contributed by atoms with Crippen LogP contribution in [0.15, 0.2) is 0 Å². The molecular formula is C11H23NO3S. The Bertz CT molecular complexity index is 229. The van der Waals surface area contributed by atoms with Crippen LogP contribution >= 0.6 is 11.8 Å². The predicted molar refractivity (Wildman–Crippen MR) is 67.7 cm³/mol. The quantitative estimate of drug-likeness (QED) is 0.656. The van der Waals surface area contributed by atoms with E-state index in [4.69, 9.17) is 4.74 Å². The van der Waals surface area contributed by atoms with Gasteiger partial charge in [0, 0.05) is 18.8 Å². The minimum atomic E-state index is -0.744. The topological polar surface area (TPSA) is 58.6 Å². The number of carbonyl (C=O) groups is 1. The second-order valence-electron chi connectivity index (χ2n) is 4.91. The average molecular weight is 249 g/mol. The number of carbonyl (C=O) groups excluding carboxylic acids is 1. The lowest BCUT2D eigenvalue weighted by molar-refractivity contribution is -0.150. The summed E-state index contributed by atoms with van der Waals surface area (Å²) in [4.78, 5) is 11.4. The first-order valence-corrected chi connectivity index (χ1v) is 6.65. The summed E-state index contributed by atoms with van der Waals surface area (Å²) in [5.41, 5.74) is -1.31. The molecule has 0 aliphatic heterocycles. The fourth-order valence-electron chi connectivity index (χ4n) is 1.35. The molecule has 0 aromatic carbocycles. The van der Waals surface area contributed by atoms with E-state index in [0.717, 1.165) is 0 Å². The molecule has 16 heavy (non-hydrogen) atoms. The number of aliphatic hydroxyl groups is 1. The van der Waals surface area contributed by atoms with E-state index in [1.807, 2.05) is 20.1 Å². The van der Waals surface area contributed by atoms with Gasteiger partial charge in [-0.2, -0.15) is 11.8 Å². The molecule has 0 fully saturated rings. The van der Waals surface area contributed by atoms with Gasteiger partial charge in [-0.25, -0.2) is 0 Å². The lowest BCUT2D eigenvalue weighted by Gasteiger charge is -2.26. The van der Waals surface area contributed by atoms with Gasteiger partial charge in [0.1, 0.15) is 0 Å². The molecular weight excluding hydrogens is 226 g/mol. The Hall–Kier alpha value is -0.260. The summed E-state index contributed by atoms with van der Waals surface area (Å²) in [6.45, 7) is 6.37. The molecule has 1 atom stereocenters. The molecule has 0 aliphatic rings. The molecule has 0 aromatic rings. The Morgan fingerprint density at radius 1 is 1.38 bits per heavy atom. The lowest BCUT2D eigenvalue weighted by Crippen LogP contribution is -2.45. The lowest BCUT2D eigenvalue weighted by atomic mass is 9.93. The molecule has 0 radical (unpaired) electrons. The van der Waals surface area contributed by atoms with E-state index >= 15 is 0 Å². The highest BCUT2D eigenvalue weighted by Crippen LogP contribution is 2.16. The van der Waals surface area contributed by atoms with Crippen LogP contribution in [-0.4, -0.2) is 48.9 Å². The summed E-state index contributed by atoms with van der Waals surface area (Å²) < 4.78 is 4.70. The Morgan fingerprint density at radius 3 is 2.38 bits per heavy atom. The van der Waals surface area contributed by atoms with Gasteiger partial charge in [0.2, 0.25) is 0 Å². The van der Waals surface area contributed by atoms with Crippen molar-refractivity contribution in [3.05, 3.63) is 0 Å². The Morgan fingerprint density at radius 2 is 1.94 bits per heavy atom. The molecule has 0 bridgehead atoms. The average Bonchev–Trinajstić information content (AvgIpc) is 2.15. The zero-order valence-corrected chi connectivity index (χ0v) is 11.6. The Labute approximate surface area is 102 Å². The number of hydrogen-bond acceptors (Lipinski definition) is 5. The molecule has 5 heteroatoms. The number of esters is 1. The highest BCUT2D eigenvalue weighted by molar-refractivity contribution is 7.98. The zero-order chi connectivity index (χ0) is 12.8. The normalized spacial score (nSPS) is 15.6. The first kappa shape index (κ1) is 15.7. The zero-order valence-electron chi connectivity index (χ0n) is 10.8. The van der Waals surface area contributed by atoms with Gasteiger partial charge in [-0.05, 0) is 27.0 Å². The van der Waals surface area contributed by atoms with Crippen LogP contribution in [0.5, 0.6) is 0 Å². The SMILES string of the molecule is COC(=O)C(C)(C)CNCC(C)(O)CSC. The van der Waals surface area contributed by atoms with Crippen LogP contribution in [0.4, 0.5) is 0 Å². The Balaban J connectivity index is 4.02. The smallest absolute Gasteiger partial charge is 0.312 e. The minimum absolute atomic E-state index is 0.246. The second kappa shape index (κ2) is 6.47. The van der Waals surface area contributed by atoms with Crippen LogP contribution in [0, 0.1) is 5.41 Å². The molecule has 2 N–H and O–H groups in total. The van der Waals surface area contributed by atoms with Crippen molar-refractivity contribution in [1.82, 2.24) is 5.32 Å². The molecule has 0 aliphatic carbocycles. The van der Waals surface area contributed by atoms with Gasteiger partial charge < -0.3 is 15.2 Å². The molecule has 0 saturated heterocycles. The van der Waals surface area contributed by atoms with Crippen LogP contribution in [0.2, 0.25) is 0 Å². The van der Waals surface area contributed by atoms with Crippen LogP contribution < -0.4 is 5.32 Å². The largest absolute Gasteiger partial charge is 0.469 e. The number of methoxy groups -OCH3 is 1. The number of ether oxygens (including phenoxy) is 1. The maximum Gasteiger partial charge on any atom is 0.312 e. The van der Waals surface area contributed by atoms with E-state index in [-0.39, 0.29) is 5.97 Å². The van der Waals surface area contributed by atoms with Gasteiger partial charge in [0.15, 0.2) is 0 Å². The predicted octanol–water partition coefficient (Wildman–Crippen LogP) is 0.889. The summed E-state index contributed by atoms with van der Waals surface area (Å²) in [5, 5.41) is 13.0. The summed E-state index contributed by atoms with van der Waals surface area (Å²) in [6.07, 6.45) is 1.95. The van der Waals surface area contributed by atoms with Crippen LogP contribution in [0.1, 0.15) is 20.8 Å². The highest BCUT2D eigenvalue weighted by Gasteiger charge is 2.29. The summed E-state index contributed by atoms with van der Waals surface area (Å²) in [7, 11) is 1.38. The van der Waals surface area contributed by atoms with Gasteiger partial charge in [-0.3, -0.25) is 4.79 Å². The fourth-order valence-corrected chi connectivity index (χ4v) is 2.08. The van der Waals surface area contributed by atoms with Crippen molar-refractivity contribution in [1.29, 1.82) is 0 Å². The third kappa shape index (κ3) is 5.72. The van der Waals surface area contributed by atoms with Crippen molar-refractivity contribution in [2.45, 2.75) is 26.4 Å². The number of nitrogens with one attached hydrogen (secondary N) is 1. The molecule has 0 rings (SSSR count). The van der Waals surface area contributed by atoms with Gasteiger partial charge in [0.25, 0.3) is 0 Å². The van der Waals surface area contributed by atoms with E-state index in [2.05, 4.69) is 5.32 Å². The molecule has 96 valence electrons. The van der Waals surface area contributed by atoms with E-state index in [9.17, 15) is 9.90 Å². The van der Waals surface area contributed by atoms with Crippen molar-refractivity contribution < 1.29 is 14.6 Å². The molecule has 0 saturated carbocycles. The van der Waals surface area contributed by atoms with Crippen molar-refractivity contribution in [3.63, 3.8) is 0 Å². The van der Waals surface area contributed by atoms with Crippen molar-refractivity contribution in [2.24, 2.45) is 5.41 Å². The standard InChI is InChI=1S/C11H23NO3S/c1-10(2,9(13)15-4)6-12-7-11(3,14)8-16-5/h12,14H,6-8H2,1-5H3. The van der Waals surface area contributed by atoms with E-state index in [1.165, 1.54) is 7.11 Å². The molecule has 0 amide bonds. The number of rotatable bonds is 7. The van der Waals surface area contributed by atoms with Gasteiger partial charge in [-0.1, -0.05) is 0 Å². The second-order valence-corrected chi connectivity index (χ2v) is 5.77. The van der Waals surface area contributed by atoms with Crippen LogP contribution in [0.3, 0.4) is 0 Å². The van der Waals surface area contributed by atoms with E-state index in [1.54, 1.807) is 18.7 Å². The number of hydrogen-bond donors (Lipinski definition) is 2. The van der Waals surface area contributed by atoms with Crippen LogP contribution in [0.25, 0.3) is 0 Å². The third-order valence-corrected chi connectivity index (χ3v) is 3.18. The highest BCUT2D eigenvalue weighted by atomic mass is 32.2. The maximum atomic E-state index is 11.4. The van der Waals surface area contributed by atoms with E-state index in [0.29, 0.717) is 18.8 Å². The monoisotopic (exact) mass is 249 g/mol. The van der Waals surface area contributed by atoms with Gasteiger partial charge >= 0.3 is 5.97 Å². The van der Waals surface area contributed by atoms with Crippen molar-refractivity contribution in [2.75, 3.05) is 32.2 Å². The summed E-state index contributed by atoms with van der Waals surface area (Å²) in [6, 6.07) is 0. The van der Waals surface area contributed by atoms with Crippen LogP contribution in [-0.2, 0) is 9.53 Å². The first-order chi connectivity index (χ1) is 7.25. The van der Waals surface area contributed by atoms with Gasteiger partial charge in [-0.15, -0.1) is 0 Å². The number of thioether (sulfide) groups is 1. The third-order valence-electron chi connectivity index (χ3n) is 2.27. The molecule has 4 nitrogen and oxygen atoms in total. The first-order valence-electron chi connectivity index (χ1n) is 5.25. The van der Waals surface area contributed by atoms with Crippen molar-refractivity contribution in [3.8, 4) is 0 Å². The minimum Gasteiger partial charge on any atom is -0.469 e. The van der Waals surface area contributed by atoms with E-state index < -0.39 is 11.0 Å². The van der Waals surface area contributed by atoms with Crippen molar-refractivity contribution >= 4 is 17.7 Å². The molecule has 1 unspecified atom stereocenters. The Kier molecular flexibility index (Phi) is 6.36.